The molecule has 1 atom stereocenters. The molecule has 0 heterocycles. The number of alkyl halides is 2. The van der Waals surface area contributed by atoms with E-state index in [0.717, 1.165) is 0 Å². The lowest BCUT2D eigenvalue weighted by molar-refractivity contribution is -0.150. The molecule has 0 rings (SSSR count). The van der Waals surface area contributed by atoms with E-state index in [4.69, 9.17) is 4.74 Å². The molecule has 0 aliphatic carbocycles. The Morgan fingerprint density at radius 2 is 2.11 bits per heavy atom. The van der Waals surface area contributed by atoms with Crippen LogP contribution >= 0.6 is 0 Å². The summed E-state index contributed by atoms with van der Waals surface area (Å²) in [4.78, 5) is 13.3. The minimum Gasteiger partial charge on any atom is -0.465 e. The van der Waals surface area contributed by atoms with Crippen molar-refractivity contribution in [2.75, 3.05) is 33.8 Å². The third kappa shape index (κ3) is 6.26. The molecule has 0 aromatic heterocycles. The highest BCUT2D eigenvalue weighted by atomic mass is 19.3. The molecule has 1 N–H and O–H groups in total. The summed E-state index contributed by atoms with van der Waals surface area (Å²) in [7, 11) is 3.34. The number of carbonyl (C=O) groups is 1. The van der Waals surface area contributed by atoms with Crippen molar-refractivity contribution in [1.82, 2.24) is 10.2 Å². The van der Waals surface area contributed by atoms with Gasteiger partial charge in [-0.25, -0.2) is 8.78 Å². The van der Waals surface area contributed by atoms with Gasteiger partial charge in [0.05, 0.1) is 13.2 Å². The topological polar surface area (TPSA) is 41.6 Å². The highest BCUT2D eigenvalue weighted by molar-refractivity contribution is 5.80. The van der Waals surface area contributed by atoms with Crippen LogP contribution in [-0.4, -0.2) is 56.6 Å². The molecule has 0 radical (unpaired) electrons. The Morgan fingerprint density at radius 1 is 1.50 bits per heavy atom. The molecular weight excluding hydrogens is 242 g/mol. The Kier molecular flexibility index (Phi) is 8.02. The highest BCUT2D eigenvalue weighted by Gasteiger charge is 2.32. The van der Waals surface area contributed by atoms with Gasteiger partial charge >= 0.3 is 5.97 Å². The van der Waals surface area contributed by atoms with E-state index in [2.05, 4.69) is 5.32 Å². The Bertz CT molecular complexity index is 252. The molecule has 0 aliphatic heterocycles. The molecule has 0 spiro atoms. The van der Waals surface area contributed by atoms with E-state index in [1.807, 2.05) is 0 Å². The maximum Gasteiger partial charge on any atom is 0.326 e. The lowest BCUT2D eigenvalue weighted by Gasteiger charge is -2.27. The fraction of sp³-hybridized carbons (Fsp3) is 0.917. The Balaban J connectivity index is 4.10. The van der Waals surface area contributed by atoms with E-state index in [1.165, 1.54) is 0 Å². The van der Waals surface area contributed by atoms with Gasteiger partial charge in [-0.3, -0.25) is 4.79 Å². The zero-order chi connectivity index (χ0) is 14.2. The third-order valence-electron chi connectivity index (χ3n) is 2.94. The molecule has 108 valence electrons. The Morgan fingerprint density at radius 3 is 2.56 bits per heavy atom. The second-order valence-corrected chi connectivity index (χ2v) is 4.56. The predicted molar refractivity (Wildman–Crippen MR) is 66.8 cm³/mol. The summed E-state index contributed by atoms with van der Waals surface area (Å²) in [5.41, 5.74) is -0.748. The second-order valence-electron chi connectivity index (χ2n) is 4.56. The molecule has 0 aliphatic rings. The molecule has 0 aromatic rings. The van der Waals surface area contributed by atoms with Crippen molar-refractivity contribution in [3.63, 3.8) is 0 Å². The number of esters is 1. The number of ether oxygens (including phenoxy) is 1. The third-order valence-corrected chi connectivity index (χ3v) is 2.94. The Hall–Kier alpha value is -0.750. The van der Waals surface area contributed by atoms with Gasteiger partial charge in [-0.05, 0) is 47.3 Å². The maximum absolute atomic E-state index is 12.1. The van der Waals surface area contributed by atoms with E-state index in [0.29, 0.717) is 26.0 Å². The van der Waals surface area contributed by atoms with Gasteiger partial charge in [-0.15, -0.1) is 0 Å². The van der Waals surface area contributed by atoms with Crippen molar-refractivity contribution in [3.8, 4) is 0 Å². The summed E-state index contributed by atoms with van der Waals surface area (Å²) < 4.78 is 29.2. The molecule has 0 amide bonds. The van der Waals surface area contributed by atoms with E-state index < -0.39 is 12.0 Å². The van der Waals surface area contributed by atoms with Gasteiger partial charge in [0.1, 0.15) is 5.54 Å². The number of rotatable bonds is 9. The normalized spacial score (nSPS) is 14.9. The molecule has 0 fully saturated rings. The van der Waals surface area contributed by atoms with Crippen molar-refractivity contribution in [3.05, 3.63) is 0 Å². The number of nitrogens with zero attached hydrogens (tertiary/aromatic N) is 1. The van der Waals surface area contributed by atoms with E-state index in [1.54, 1.807) is 32.8 Å². The van der Waals surface area contributed by atoms with Crippen LogP contribution in [-0.2, 0) is 9.53 Å². The number of hydrogen-bond acceptors (Lipinski definition) is 4. The maximum atomic E-state index is 12.1. The van der Waals surface area contributed by atoms with Crippen molar-refractivity contribution in [1.29, 1.82) is 0 Å². The van der Waals surface area contributed by atoms with E-state index in [9.17, 15) is 13.6 Å². The molecule has 6 heteroatoms. The number of hydrogen-bond donors (Lipinski definition) is 1. The summed E-state index contributed by atoms with van der Waals surface area (Å²) >= 11 is 0. The van der Waals surface area contributed by atoms with Gasteiger partial charge < -0.3 is 15.0 Å². The van der Waals surface area contributed by atoms with Crippen molar-refractivity contribution in [2.24, 2.45) is 0 Å². The summed E-state index contributed by atoms with van der Waals surface area (Å²) in [6, 6.07) is 0. The predicted octanol–water partition coefficient (Wildman–Crippen LogP) is 1.50. The lowest BCUT2D eigenvalue weighted by atomic mass is 9.96. The van der Waals surface area contributed by atoms with Crippen LogP contribution in [0.1, 0.15) is 26.7 Å². The van der Waals surface area contributed by atoms with Gasteiger partial charge in [0.25, 0.3) is 6.43 Å². The van der Waals surface area contributed by atoms with Crippen LogP contribution in [0.2, 0.25) is 0 Å². The number of halogens is 2. The Labute approximate surface area is 108 Å². The molecule has 18 heavy (non-hydrogen) atoms. The minimum absolute atomic E-state index is 0.240. The lowest BCUT2D eigenvalue weighted by Crippen LogP contribution is -2.49. The fourth-order valence-electron chi connectivity index (χ4n) is 1.65. The largest absolute Gasteiger partial charge is 0.465 e. The molecule has 0 saturated heterocycles. The monoisotopic (exact) mass is 266 g/mol. The van der Waals surface area contributed by atoms with Crippen LogP contribution in [0, 0.1) is 0 Å². The SMILES string of the molecule is CCOC(=O)C(C)(CCCN(C)CC(F)F)NC. The van der Waals surface area contributed by atoms with Crippen molar-refractivity contribution < 1.29 is 18.3 Å². The average molecular weight is 266 g/mol. The zero-order valence-electron chi connectivity index (χ0n) is 11.6. The summed E-state index contributed by atoms with van der Waals surface area (Å²) in [6.45, 7) is 4.14. The fourth-order valence-corrected chi connectivity index (χ4v) is 1.65. The van der Waals surface area contributed by atoms with Crippen LogP contribution in [0.4, 0.5) is 8.78 Å². The number of likely N-dealkylation sites (N-methyl/N-ethyl adjacent to an activating group) is 1. The first-order valence-electron chi connectivity index (χ1n) is 6.18. The smallest absolute Gasteiger partial charge is 0.326 e. The summed E-state index contributed by atoms with van der Waals surface area (Å²) in [5.74, 6) is -0.302. The van der Waals surface area contributed by atoms with E-state index >= 15 is 0 Å². The first-order chi connectivity index (χ1) is 8.35. The molecule has 4 nitrogen and oxygen atoms in total. The first-order valence-corrected chi connectivity index (χ1v) is 6.18. The van der Waals surface area contributed by atoms with Crippen LogP contribution < -0.4 is 5.32 Å². The van der Waals surface area contributed by atoms with Crippen molar-refractivity contribution in [2.45, 2.75) is 38.7 Å². The summed E-state index contributed by atoms with van der Waals surface area (Å²) in [5, 5.41) is 2.94. The molecule has 0 saturated carbocycles. The van der Waals surface area contributed by atoms with E-state index in [-0.39, 0.29) is 12.5 Å². The standard InChI is InChI=1S/C12H24F2N2O2/c1-5-18-11(17)12(2,15-3)7-6-8-16(4)9-10(13)14/h10,15H,5-9H2,1-4H3. The van der Waals surface area contributed by atoms with Gasteiger partial charge in [0, 0.05) is 0 Å². The van der Waals surface area contributed by atoms with Crippen LogP contribution in [0.3, 0.4) is 0 Å². The molecular formula is C12H24F2N2O2. The number of nitrogens with one attached hydrogen (secondary N) is 1. The van der Waals surface area contributed by atoms with Gasteiger partial charge in [0.15, 0.2) is 0 Å². The average Bonchev–Trinajstić information content (AvgIpc) is 2.28. The zero-order valence-corrected chi connectivity index (χ0v) is 11.6. The van der Waals surface area contributed by atoms with Crippen LogP contribution in [0.5, 0.6) is 0 Å². The van der Waals surface area contributed by atoms with Gasteiger partial charge in [-0.1, -0.05) is 0 Å². The quantitative estimate of drug-likeness (QED) is 0.642. The first kappa shape index (κ1) is 17.2. The number of carbonyl (C=O) groups excluding carboxylic acids is 1. The molecule has 1 unspecified atom stereocenters. The second kappa shape index (κ2) is 8.37. The summed E-state index contributed by atoms with van der Waals surface area (Å²) in [6.07, 6.45) is -1.12. The van der Waals surface area contributed by atoms with Gasteiger partial charge in [0.2, 0.25) is 0 Å². The van der Waals surface area contributed by atoms with Crippen molar-refractivity contribution >= 4 is 5.97 Å². The van der Waals surface area contributed by atoms with Crippen LogP contribution in [0.25, 0.3) is 0 Å². The molecule has 0 aromatic carbocycles. The van der Waals surface area contributed by atoms with Crippen LogP contribution in [0.15, 0.2) is 0 Å². The highest BCUT2D eigenvalue weighted by Crippen LogP contribution is 2.14. The molecule has 0 bridgehead atoms. The minimum atomic E-state index is -2.32. The van der Waals surface area contributed by atoms with Gasteiger partial charge in [-0.2, -0.15) is 0 Å².